The van der Waals surface area contributed by atoms with Gasteiger partial charge >= 0.3 is 0 Å². The van der Waals surface area contributed by atoms with E-state index in [-0.39, 0.29) is 0 Å². The Balaban J connectivity index is 1.75. The van der Waals surface area contributed by atoms with Crippen molar-refractivity contribution < 1.29 is 4.74 Å². The predicted molar refractivity (Wildman–Crippen MR) is 69.5 cm³/mol. The second-order valence-corrected chi connectivity index (χ2v) is 5.33. The molecule has 2 heteroatoms. The Labute approximate surface area is 104 Å². The van der Waals surface area contributed by atoms with Crippen LogP contribution in [-0.4, -0.2) is 31.1 Å². The number of hydrogen-bond donors (Lipinski definition) is 0. The van der Waals surface area contributed by atoms with Gasteiger partial charge in [-0.2, -0.15) is 0 Å². The number of rotatable bonds is 3. The number of hydrogen-bond acceptors (Lipinski definition) is 2. The highest BCUT2D eigenvalue weighted by atomic mass is 16.5. The Kier molecular flexibility index (Phi) is 3.06. The SMILES string of the molecule is CCCCN1CC2COc3ccccc3C2C1. The van der Waals surface area contributed by atoms with E-state index < -0.39 is 0 Å². The standard InChI is InChI=1S/C15H21NO/c1-2-3-8-16-9-12-11-17-15-7-5-4-6-13(15)14(12)10-16/h4-7,12,14H,2-3,8-11H2,1H3. The minimum Gasteiger partial charge on any atom is -0.493 e. The smallest absolute Gasteiger partial charge is 0.122 e. The molecule has 2 heterocycles. The van der Waals surface area contributed by atoms with Gasteiger partial charge in [0.2, 0.25) is 0 Å². The summed E-state index contributed by atoms with van der Waals surface area (Å²) in [5.41, 5.74) is 1.43. The molecule has 0 N–H and O–H groups in total. The van der Waals surface area contributed by atoms with Crippen LogP contribution in [0.3, 0.4) is 0 Å². The summed E-state index contributed by atoms with van der Waals surface area (Å²) in [6.07, 6.45) is 2.61. The molecule has 2 aliphatic rings. The van der Waals surface area contributed by atoms with Crippen LogP contribution in [0, 0.1) is 5.92 Å². The number of ether oxygens (including phenoxy) is 1. The van der Waals surface area contributed by atoms with E-state index >= 15 is 0 Å². The molecule has 1 aromatic carbocycles. The minimum atomic E-state index is 0.705. The van der Waals surface area contributed by atoms with E-state index in [2.05, 4.69) is 36.1 Å². The van der Waals surface area contributed by atoms with Crippen LogP contribution < -0.4 is 4.74 Å². The van der Waals surface area contributed by atoms with E-state index in [9.17, 15) is 0 Å². The molecule has 0 aliphatic carbocycles. The lowest BCUT2D eigenvalue weighted by atomic mass is 9.87. The summed E-state index contributed by atoms with van der Waals surface area (Å²) >= 11 is 0. The second-order valence-electron chi connectivity index (χ2n) is 5.33. The van der Waals surface area contributed by atoms with Crippen molar-refractivity contribution in [2.45, 2.75) is 25.7 Å². The first kappa shape index (κ1) is 11.1. The van der Waals surface area contributed by atoms with E-state index in [1.165, 1.54) is 38.0 Å². The van der Waals surface area contributed by atoms with Crippen molar-refractivity contribution in [1.82, 2.24) is 4.90 Å². The highest BCUT2D eigenvalue weighted by molar-refractivity contribution is 5.39. The van der Waals surface area contributed by atoms with Crippen molar-refractivity contribution in [3.05, 3.63) is 29.8 Å². The second kappa shape index (κ2) is 4.69. The Morgan fingerprint density at radius 2 is 2.18 bits per heavy atom. The van der Waals surface area contributed by atoms with Crippen LogP contribution in [0.1, 0.15) is 31.2 Å². The molecule has 1 aromatic rings. The van der Waals surface area contributed by atoms with Crippen LogP contribution in [0.2, 0.25) is 0 Å². The van der Waals surface area contributed by atoms with E-state index in [1.807, 2.05) is 0 Å². The third-order valence-corrected chi connectivity index (χ3v) is 4.12. The molecule has 0 radical (unpaired) electrons. The highest BCUT2D eigenvalue weighted by Crippen LogP contribution is 2.41. The first-order chi connectivity index (χ1) is 8.38. The van der Waals surface area contributed by atoms with Crippen LogP contribution >= 0.6 is 0 Å². The Bertz CT molecular complexity index is 390. The van der Waals surface area contributed by atoms with Crippen LogP contribution in [0.4, 0.5) is 0 Å². The lowest BCUT2D eigenvalue weighted by Crippen LogP contribution is -2.25. The van der Waals surface area contributed by atoms with Gasteiger partial charge in [0.05, 0.1) is 6.61 Å². The Morgan fingerprint density at radius 1 is 1.29 bits per heavy atom. The van der Waals surface area contributed by atoms with Gasteiger partial charge in [0.25, 0.3) is 0 Å². The molecule has 17 heavy (non-hydrogen) atoms. The minimum absolute atomic E-state index is 0.705. The molecule has 0 amide bonds. The van der Waals surface area contributed by atoms with Crippen LogP contribution in [0.5, 0.6) is 5.75 Å². The molecular formula is C15H21NO. The van der Waals surface area contributed by atoms with Gasteiger partial charge in [-0.3, -0.25) is 0 Å². The quantitative estimate of drug-likeness (QED) is 0.793. The maximum Gasteiger partial charge on any atom is 0.122 e. The monoisotopic (exact) mass is 231 g/mol. The molecule has 2 atom stereocenters. The summed E-state index contributed by atoms with van der Waals surface area (Å²) < 4.78 is 5.86. The molecule has 0 spiro atoms. The number of fused-ring (bicyclic) bond motifs is 3. The first-order valence-electron chi connectivity index (χ1n) is 6.82. The maximum atomic E-state index is 5.86. The van der Waals surface area contributed by atoms with Crippen molar-refractivity contribution in [2.24, 2.45) is 5.92 Å². The molecule has 0 bridgehead atoms. The van der Waals surface area contributed by atoms with Gasteiger partial charge in [0.1, 0.15) is 5.75 Å². The van der Waals surface area contributed by atoms with E-state index in [1.54, 1.807) is 0 Å². The highest BCUT2D eigenvalue weighted by Gasteiger charge is 2.37. The fourth-order valence-electron chi connectivity index (χ4n) is 3.16. The third-order valence-electron chi connectivity index (χ3n) is 4.12. The number of nitrogens with zero attached hydrogens (tertiary/aromatic N) is 1. The summed E-state index contributed by atoms with van der Waals surface area (Å²) in [4.78, 5) is 2.62. The zero-order valence-electron chi connectivity index (χ0n) is 10.6. The maximum absolute atomic E-state index is 5.86. The summed E-state index contributed by atoms with van der Waals surface area (Å²) in [6, 6.07) is 8.57. The Morgan fingerprint density at radius 3 is 3.06 bits per heavy atom. The van der Waals surface area contributed by atoms with Crippen molar-refractivity contribution in [3.8, 4) is 5.75 Å². The molecule has 2 aliphatic heterocycles. The van der Waals surface area contributed by atoms with Crippen molar-refractivity contribution in [3.63, 3.8) is 0 Å². The van der Waals surface area contributed by atoms with Gasteiger partial charge in [-0.05, 0) is 24.6 Å². The summed E-state index contributed by atoms with van der Waals surface area (Å²) in [7, 11) is 0. The van der Waals surface area contributed by atoms with Gasteiger partial charge in [-0.15, -0.1) is 0 Å². The summed E-state index contributed by atoms with van der Waals surface area (Å²) in [6.45, 7) is 6.88. The first-order valence-corrected chi connectivity index (χ1v) is 6.82. The topological polar surface area (TPSA) is 12.5 Å². The summed E-state index contributed by atoms with van der Waals surface area (Å²) in [5, 5.41) is 0. The van der Waals surface area contributed by atoms with Gasteiger partial charge in [-0.1, -0.05) is 31.5 Å². The van der Waals surface area contributed by atoms with E-state index in [0.717, 1.165) is 12.4 Å². The molecule has 0 saturated carbocycles. The van der Waals surface area contributed by atoms with Crippen LogP contribution in [-0.2, 0) is 0 Å². The van der Waals surface area contributed by atoms with Gasteiger partial charge < -0.3 is 9.64 Å². The average molecular weight is 231 g/mol. The molecule has 92 valence electrons. The number of para-hydroxylation sites is 1. The molecule has 1 saturated heterocycles. The number of benzene rings is 1. The lowest BCUT2D eigenvalue weighted by Gasteiger charge is -2.27. The van der Waals surface area contributed by atoms with Gasteiger partial charge in [0, 0.05) is 24.9 Å². The van der Waals surface area contributed by atoms with E-state index in [4.69, 9.17) is 4.74 Å². The van der Waals surface area contributed by atoms with Crippen molar-refractivity contribution in [2.75, 3.05) is 26.2 Å². The van der Waals surface area contributed by atoms with Gasteiger partial charge in [0.15, 0.2) is 0 Å². The molecule has 3 rings (SSSR count). The largest absolute Gasteiger partial charge is 0.493 e. The van der Waals surface area contributed by atoms with E-state index in [0.29, 0.717) is 11.8 Å². The predicted octanol–water partition coefficient (Wildman–Crippen LogP) is 2.89. The normalized spacial score (nSPS) is 27.4. The fraction of sp³-hybridized carbons (Fsp3) is 0.600. The Hall–Kier alpha value is -1.02. The molecule has 1 fully saturated rings. The summed E-state index contributed by atoms with van der Waals surface area (Å²) in [5.74, 6) is 2.53. The lowest BCUT2D eigenvalue weighted by molar-refractivity contribution is 0.212. The van der Waals surface area contributed by atoms with Crippen molar-refractivity contribution in [1.29, 1.82) is 0 Å². The average Bonchev–Trinajstić information content (AvgIpc) is 2.79. The third kappa shape index (κ3) is 2.06. The molecule has 2 nitrogen and oxygen atoms in total. The zero-order chi connectivity index (χ0) is 11.7. The zero-order valence-corrected chi connectivity index (χ0v) is 10.6. The number of unbranched alkanes of at least 4 members (excludes halogenated alkanes) is 1. The number of likely N-dealkylation sites (tertiary alicyclic amines) is 1. The van der Waals surface area contributed by atoms with Gasteiger partial charge in [-0.25, -0.2) is 0 Å². The van der Waals surface area contributed by atoms with Crippen LogP contribution in [0.25, 0.3) is 0 Å². The van der Waals surface area contributed by atoms with Crippen molar-refractivity contribution >= 4 is 0 Å². The van der Waals surface area contributed by atoms with Crippen LogP contribution in [0.15, 0.2) is 24.3 Å². The fourth-order valence-corrected chi connectivity index (χ4v) is 3.16. The molecular weight excluding hydrogens is 210 g/mol. The molecule has 2 unspecified atom stereocenters. The molecule has 0 aromatic heterocycles.